The summed E-state index contributed by atoms with van der Waals surface area (Å²) in [4.78, 5) is 4.21. The molecule has 0 saturated heterocycles. The average Bonchev–Trinajstić information content (AvgIpc) is 2.77. The Kier molecular flexibility index (Phi) is 6.09. The molecule has 0 saturated carbocycles. The van der Waals surface area contributed by atoms with Gasteiger partial charge in [0.1, 0.15) is 5.82 Å². The van der Waals surface area contributed by atoms with Crippen LogP contribution >= 0.6 is 40.7 Å². The van der Waals surface area contributed by atoms with Crippen molar-refractivity contribution in [3.63, 3.8) is 0 Å². The molecule has 0 bridgehead atoms. The number of rotatable bonds is 2. The maximum absolute atomic E-state index is 12.7. The number of pyridine rings is 1. The summed E-state index contributed by atoms with van der Waals surface area (Å²) in [7, 11) is -3.67. The van der Waals surface area contributed by atoms with Gasteiger partial charge in [-0.1, -0.05) is 17.7 Å². The van der Waals surface area contributed by atoms with E-state index in [4.69, 9.17) is 5.73 Å². The van der Waals surface area contributed by atoms with Crippen molar-refractivity contribution < 1.29 is 8.42 Å². The van der Waals surface area contributed by atoms with Crippen LogP contribution in [0.1, 0.15) is 5.56 Å². The maximum atomic E-state index is 12.7. The van der Waals surface area contributed by atoms with Crippen LogP contribution in [0.4, 0.5) is 5.82 Å². The lowest BCUT2D eigenvalue weighted by Crippen LogP contribution is -2.11. The molecule has 3 rings (SSSR count). The number of nitrogens with two attached hydrogens (primary N) is 1. The molecule has 0 fully saturated rings. The van der Waals surface area contributed by atoms with E-state index in [2.05, 4.69) is 20.9 Å². The number of hydrogen-bond acceptors (Lipinski definition) is 4. The van der Waals surface area contributed by atoms with Crippen LogP contribution in [-0.2, 0) is 10.0 Å². The summed E-state index contributed by atoms with van der Waals surface area (Å²) in [6.45, 7) is 1.91. The van der Waals surface area contributed by atoms with Crippen LogP contribution in [0.3, 0.4) is 0 Å². The molecule has 124 valence electrons. The van der Waals surface area contributed by atoms with Crippen molar-refractivity contribution in [1.29, 1.82) is 0 Å². The summed E-state index contributed by atoms with van der Waals surface area (Å²) in [5, 5.41) is 0.707. The predicted molar refractivity (Wildman–Crippen MR) is 100 cm³/mol. The van der Waals surface area contributed by atoms with Gasteiger partial charge in [0, 0.05) is 16.1 Å². The molecule has 0 radical (unpaired) electrons. The fraction of sp³-hybridized carbons (Fsp3) is 0.0714. The third-order valence-electron chi connectivity index (χ3n) is 3.21. The van der Waals surface area contributed by atoms with Crippen molar-refractivity contribution in [1.82, 2.24) is 8.96 Å². The van der Waals surface area contributed by atoms with Gasteiger partial charge in [-0.25, -0.2) is 17.4 Å². The number of benzene rings is 1. The zero-order chi connectivity index (χ0) is 15.2. The van der Waals surface area contributed by atoms with Gasteiger partial charge in [0.2, 0.25) is 0 Å². The average molecular weight is 439 g/mol. The molecule has 9 heteroatoms. The molecule has 2 N–H and O–H groups in total. The van der Waals surface area contributed by atoms with E-state index in [-0.39, 0.29) is 29.7 Å². The SMILES string of the molecule is Cc1ccc(S(=O)(=O)n2cc(Br)c3cc(N)ncc32)cc1.Cl.Cl. The Morgan fingerprint density at radius 3 is 2.39 bits per heavy atom. The van der Waals surface area contributed by atoms with Crippen LogP contribution in [0, 0.1) is 6.92 Å². The third-order valence-corrected chi connectivity index (χ3v) is 5.53. The van der Waals surface area contributed by atoms with E-state index >= 15 is 0 Å². The minimum Gasteiger partial charge on any atom is -0.384 e. The normalized spacial score (nSPS) is 10.9. The molecule has 23 heavy (non-hydrogen) atoms. The van der Waals surface area contributed by atoms with Crippen LogP contribution in [0.25, 0.3) is 10.9 Å². The number of anilines is 1. The van der Waals surface area contributed by atoms with E-state index in [0.717, 1.165) is 5.56 Å². The van der Waals surface area contributed by atoms with E-state index in [1.54, 1.807) is 30.3 Å². The topological polar surface area (TPSA) is 78.0 Å². The first kappa shape index (κ1) is 19.8. The van der Waals surface area contributed by atoms with Crippen molar-refractivity contribution in [2.75, 3.05) is 5.73 Å². The molecule has 5 nitrogen and oxygen atoms in total. The van der Waals surface area contributed by atoms with Gasteiger partial charge in [-0.3, -0.25) is 0 Å². The summed E-state index contributed by atoms with van der Waals surface area (Å²) in [6.07, 6.45) is 2.97. The van der Waals surface area contributed by atoms with E-state index in [1.807, 2.05) is 6.92 Å². The van der Waals surface area contributed by atoms with Crippen molar-refractivity contribution in [2.45, 2.75) is 11.8 Å². The number of aryl methyl sites for hydroxylation is 1. The summed E-state index contributed by atoms with van der Waals surface area (Å²) < 4.78 is 27.3. The Morgan fingerprint density at radius 1 is 1.17 bits per heavy atom. The molecule has 2 aromatic heterocycles. The van der Waals surface area contributed by atoms with E-state index in [9.17, 15) is 8.42 Å². The molecule has 0 unspecified atom stereocenters. The number of hydrogen-bond donors (Lipinski definition) is 1. The fourth-order valence-electron chi connectivity index (χ4n) is 2.10. The minimum atomic E-state index is -3.67. The molecular formula is C14H14BrCl2N3O2S. The molecule has 2 heterocycles. The fourth-order valence-corrected chi connectivity index (χ4v) is 4.11. The van der Waals surface area contributed by atoms with Gasteiger partial charge >= 0.3 is 0 Å². The molecule has 3 aromatic rings. The van der Waals surface area contributed by atoms with Gasteiger partial charge in [0.15, 0.2) is 0 Å². The highest BCUT2D eigenvalue weighted by molar-refractivity contribution is 9.10. The second-order valence-corrected chi connectivity index (χ2v) is 7.39. The lowest BCUT2D eigenvalue weighted by molar-refractivity contribution is 0.589. The van der Waals surface area contributed by atoms with Crippen molar-refractivity contribution in [2.24, 2.45) is 0 Å². The highest BCUT2D eigenvalue weighted by Crippen LogP contribution is 2.30. The summed E-state index contributed by atoms with van der Waals surface area (Å²) in [5.41, 5.74) is 7.13. The Hall–Kier alpha value is -1.28. The number of aromatic nitrogens is 2. The monoisotopic (exact) mass is 437 g/mol. The first-order valence-corrected chi connectivity index (χ1v) is 8.37. The second-order valence-electron chi connectivity index (χ2n) is 4.72. The summed E-state index contributed by atoms with van der Waals surface area (Å²) >= 11 is 3.36. The second kappa shape index (κ2) is 7.09. The van der Waals surface area contributed by atoms with Crippen LogP contribution in [0.2, 0.25) is 0 Å². The van der Waals surface area contributed by atoms with Crippen molar-refractivity contribution >= 4 is 67.5 Å². The highest BCUT2D eigenvalue weighted by atomic mass is 79.9. The van der Waals surface area contributed by atoms with Crippen LogP contribution < -0.4 is 5.73 Å². The van der Waals surface area contributed by atoms with Gasteiger partial charge in [-0.15, -0.1) is 24.8 Å². The minimum absolute atomic E-state index is 0. The summed E-state index contributed by atoms with van der Waals surface area (Å²) in [5.74, 6) is 0.341. The molecule has 0 amide bonds. The quantitative estimate of drug-likeness (QED) is 0.660. The Labute approximate surface area is 154 Å². The highest BCUT2D eigenvalue weighted by Gasteiger charge is 2.20. The molecule has 1 aromatic carbocycles. The van der Waals surface area contributed by atoms with Gasteiger partial charge in [-0.05, 0) is 41.1 Å². The Bertz CT molecular complexity index is 941. The molecular weight excluding hydrogens is 425 g/mol. The molecule has 0 aliphatic heterocycles. The number of fused-ring (bicyclic) bond motifs is 1. The van der Waals surface area contributed by atoms with Crippen LogP contribution in [0.5, 0.6) is 0 Å². The number of halogens is 3. The Balaban J connectivity index is 0.00000132. The van der Waals surface area contributed by atoms with Crippen molar-refractivity contribution in [3.05, 3.63) is 52.8 Å². The first-order valence-electron chi connectivity index (χ1n) is 6.14. The number of nitrogen functional groups attached to an aromatic ring is 1. The predicted octanol–water partition coefficient (Wildman–Crippen LogP) is 3.77. The first-order chi connectivity index (χ1) is 9.89. The molecule has 0 spiro atoms. The Morgan fingerprint density at radius 2 is 1.78 bits per heavy atom. The van der Waals surface area contributed by atoms with Crippen LogP contribution in [-0.4, -0.2) is 17.4 Å². The van der Waals surface area contributed by atoms with Gasteiger partial charge in [-0.2, -0.15) is 0 Å². The maximum Gasteiger partial charge on any atom is 0.268 e. The molecule has 0 atom stereocenters. The summed E-state index contributed by atoms with van der Waals surface area (Å²) in [6, 6.07) is 8.36. The van der Waals surface area contributed by atoms with Gasteiger partial charge in [0.05, 0.1) is 16.6 Å². The molecule has 0 aliphatic carbocycles. The van der Waals surface area contributed by atoms with Crippen LogP contribution in [0.15, 0.2) is 52.1 Å². The zero-order valence-corrected chi connectivity index (χ0v) is 16.0. The van der Waals surface area contributed by atoms with Crippen molar-refractivity contribution in [3.8, 4) is 0 Å². The molecule has 0 aliphatic rings. The van der Waals surface area contributed by atoms with Gasteiger partial charge < -0.3 is 5.73 Å². The lowest BCUT2D eigenvalue weighted by atomic mass is 10.2. The van der Waals surface area contributed by atoms with E-state index in [0.29, 0.717) is 21.2 Å². The van der Waals surface area contributed by atoms with E-state index in [1.165, 1.54) is 16.4 Å². The zero-order valence-electron chi connectivity index (χ0n) is 11.9. The lowest BCUT2D eigenvalue weighted by Gasteiger charge is -2.07. The third kappa shape index (κ3) is 3.47. The van der Waals surface area contributed by atoms with Gasteiger partial charge in [0.25, 0.3) is 10.0 Å². The number of nitrogens with zero attached hydrogens (tertiary/aromatic N) is 2. The largest absolute Gasteiger partial charge is 0.384 e. The smallest absolute Gasteiger partial charge is 0.268 e. The van der Waals surface area contributed by atoms with E-state index < -0.39 is 10.0 Å². The standard InChI is InChI=1S/C14H12BrN3O2S.2ClH/c1-9-2-4-10(5-3-9)21(19,20)18-8-12(15)11-6-14(16)17-7-13(11)18;;/h2-8H,1H3,(H2,16,17);2*1H.